The van der Waals surface area contributed by atoms with Crippen molar-refractivity contribution in [3.63, 3.8) is 0 Å². The van der Waals surface area contributed by atoms with Crippen molar-refractivity contribution in [2.75, 3.05) is 6.54 Å². The van der Waals surface area contributed by atoms with Crippen molar-refractivity contribution in [3.8, 4) is 0 Å². The van der Waals surface area contributed by atoms with E-state index < -0.39 is 17.7 Å². The summed E-state index contributed by atoms with van der Waals surface area (Å²) in [5, 5.41) is 5.43. The van der Waals surface area contributed by atoms with Gasteiger partial charge >= 0.3 is 0 Å². The standard InChI is InChI=1S/C15H18F2N2O2/c16-11-6-4-10(9-12(11)17)5-7-14(20)19-13-3-1-2-8-18-15(13)21/h4,6,9,13H,1-3,5,7-8H2,(H,18,21)(H,19,20). The summed E-state index contributed by atoms with van der Waals surface area (Å²) in [5.41, 5.74) is 0.550. The predicted molar refractivity (Wildman–Crippen MR) is 73.5 cm³/mol. The van der Waals surface area contributed by atoms with Crippen molar-refractivity contribution in [2.24, 2.45) is 0 Å². The number of hydrogen-bond donors (Lipinski definition) is 2. The number of carbonyl (C=O) groups is 2. The smallest absolute Gasteiger partial charge is 0.242 e. The molecule has 0 radical (unpaired) electrons. The van der Waals surface area contributed by atoms with E-state index in [1.807, 2.05) is 0 Å². The molecule has 1 aromatic rings. The Labute approximate surface area is 121 Å². The molecule has 1 aromatic carbocycles. The average molecular weight is 296 g/mol. The predicted octanol–water partition coefficient (Wildman–Crippen LogP) is 1.68. The van der Waals surface area contributed by atoms with Gasteiger partial charge in [-0.1, -0.05) is 6.07 Å². The highest BCUT2D eigenvalue weighted by Crippen LogP contribution is 2.11. The van der Waals surface area contributed by atoms with Crippen LogP contribution >= 0.6 is 0 Å². The van der Waals surface area contributed by atoms with Gasteiger partial charge in [-0.25, -0.2) is 8.78 Å². The lowest BCUT2D eigenvalue weighted by Crippen LogP contribution is -2.45. The SMILES string of the molecule is O=C(CCc1ccc(F)c(F)c1)NC1CCCCNC1=O. The summed E-state index contributed by atoms with van der Waals surface area (Å²) >= 11 is 0. The van der Waals surface area contributed by atoms with Crippen molar-refractivity contribution in [2.45, 2.75) is 38.1 Å². The molecule has 114 valence electrons. The second-order valence-corrected chi connectivity index (χ2v) is 5.16. The van der Waals surface area contributed by atoms with E-state index in [-0.39, 0.29) is 18.2 Å². The van der Waals surface area contributed by atoms with E-state index in [0.29, 0.717) is 24.9 Å². The largest absolute Gasteiger partial charge is 0.354 e. The number of halogens is 2. The Kier molecular flexibility index (Phi) is 5.25. The minimum absolute atomic E-state index is 0.134. The highest BCUT2D eigenvalue weighted by molar-refractivity contribution is 5.87. The molecule has 2 amide bonds. The molecule has 1 unspecified atom stereocenters. The third-order valence-electron chi connectivity index (χ3n) is 3.50. The molecular weight excluding hydrogens is 278 g/mol. The molecule has 0 bridgehead atoms. The second-order valence-electron chi connectivity index (χ2n) is 5.16. The van der Waals surface area contributed by atoms with Crippen LogP contribution in [0.1, 0.15) is 31.2 Å². The van der Waals surface area contributed by atoms with Crippen LogP contribution in [-0.4, -0.2) is 24.4 Å². The van der Waals surface area contributed by atoms with Crippen LogP contribution in [-0.2, 0) is 16.0 Å². The fraction of sp³-hybridized carbons (Fsp3) is 0.467. The molecule has 0 aliphatic carbocycles. The second kappa shape index (κ2) is 7.15. The zero-order valence-corrected chi connectivity index (χ0v) is 11.6. The van der Waals surface area contributed by atoms with Crippen LogP contribution in [0, 0.1) is 11.6 Å². The normalized spacial score (nSPS) is 18.8. The van der Waals surface area contributed by atoms with Crippen LogP contribution in [0.3, 0.4) is 0 Å². The lowest BCUT2D eigenvalue weighted by atomic mass is 10.1. The molecule has 1 heterocycles. The minimum atomic E-state index is -0.920. The summed E-state index contributed by atoms with van der Waals surface area (Å²) in [6.07, 6.45) is 2.86. The van der Waals surface area contributed by atoms with Gasteiger partial charge in [0, 0.05) is 13.0 Å². The monoisotopic (exact) mass is 296 g/mol. The molecule has 1 aliphatic heterocycles. The number of aryl methyl sites for hydroxylation is 1. The lowest BCUT2D eigenvalue weighted by molar-refractivity contribution is -0.128. The van der Waals surface area contributed by atoms with Gasteiger partial charge in [0.2, 0.25) is 11.8 Å². The number of hydrogen-bond acceptors (Lipinski definition) is 2. The molecule has 0 saturated carbocycles. The average Bonchev–Trinajstić information content (AvgIpc) is 2.65. The van der Waals surface area contributed by atoms with E-state index in [2.05, 4.69) is 10.6 Å². The van der Waals surface area contributed by atoms with Gasteiger partial charge in [0.05, 0.1) is 0 Å². The number of nitrogens with one attached hydrogen (secondary N) is 2. The first-order chi connectivity index (χ1) is 10.1. The van der Waals surface area contributed by atoms with Crippen LogP contribution in [0.5, 0.6) is 0 Å². The lowest BCUT2D eigenvalue weighted by Gasteiger charge is -2.15. The molecule has 0 spiro atoms. The van der Waals surface area contributed by atoms with Crippen LogP contribution < -0.4 is 10.6 Å². The third-order valence-corrected chi connectivity index (χ3v) is 3.50. The topological polar surface area (TPSA) is 58.2 Å². The van der Waals surface area contributed by atoms with Crippen LogP contribution in [0.15, 0.2) is 18.2 Å². The third kappa shape index (κ3) is 4.51. The van der Waals surface area contributed by atoms with Gasteiger partial charge in [-0.05, 0) is 43.4 Å². The Morgan fingerprint density at radius 1 is 1.29 bits per heavy atom. The number of benzene rings is 1. The van der Waals surface area contributed by atoms with E-state index in [9.17, 15) is 18.4 Å². The van der Waals surface area contributed by atoms with Crippen molar-refractivity contribution >= 4 is 11.8 Å². The number of amides is 2. The fourth-order valence-electron chi connectivity index (χ4n) is 2.30. The first kappa shape index (κ1) is 15.4. The molecule has 6 heteroatoms. The van der Waals surface area contributed by atoms with E-state index in [1.165, 1.54) is 6.07 Å². The highest BCUT2D eigenvalue weighted by atomic mass is 19.2. The van der Waals surface area contributed by atoms with Gasteiger partial charge in [-0.15, -0.1) is 0 Å². The van der Waals surface area contributed by atoms with Crippen molar-refractivity contribution in [1.82, 2.24) is 10.6 Å². The van der Waals surface area contributed by atoms with Gasteiger partial charge < -0.3 is 10.6 Å². The quantitative estimate of drug-likeness (QED) is 0.888. The molecule has 4 nitrogen and oxygen atoms in total. The van der Waals surface area contributed by atoms with Gasteiger partial charge in [0.25, 0.3) is 0 Å². The van der Waals surface area contributed by atoms with Crippen molar-refractivity contribution in [3.05, 3.63) is 35.4 Å². The first-order valence-electron chi connectivity index (χ1n) is 7.07. The molecule has 2 N–H and O–H groups in total. The minimum Gasteiger partial charge on any atom is -0.354 e. The van der Waals surface area contributed by atoms with Crippen molar-refractivity contribution < 1.29 is 18.4 Å². The maximum Gasteiger partial charge on any atom is 0.242 e. The van der Waals surface area contributed by atoms with Crippen LogP contribution in [0.25, 0.3) is 0 Å². The first-order valence-corrected chi connectivity index (χ1v) is 7.07. The van der Waals surface area contributed by atoms with E-state index in [1.54, 1.807) is 0 Å². The Morgan fingerprint density at radius 2 is 2.10 bits per heavy atom. The number of carbonyl (C=O) groups excluding carboxylic acids is 2. The van der Waals surface area contributed by atoms with Crippen molar-refractivity contribution in [1.29, 1.82) is 0 Å². The molecule has 1 fully saturated rings. The fourth-order valence-corrected chi connectivity index (χ4v) is 2.30. The molecule has 21 heavy (non-hydrogen) atoms. The molecule has 2 rings (SSSR count). The molecule has 1 aliphatic rings. The van der Waals surface area contributed by atoms with Gasteiger partial charge in [0.1, 0.15) is 6.04 Å². The van der Waals surface area contributed by atoms with Gasteiger partial charge in [-0.2, -0.15) is 0 Å². The summed E-state index contributed by atoms with van der Waals surface area (Å²) in [5.74, 6) is -2.25. The summed E-state index contributed by atoms with van der Waals surface area (Å²) < 4.78 is 25.8. The van der Waals surface area contributed by atoms with Gasteiger partial charge in [-0.3, -0.25) is 9.59 Å². The maximum atomic E-state index is 13.0. The van der Waals surface area contributed by atoms with Crippen LogP contribution in [0.4, 0.5) is 8.78 Å². The Hall–Kier alpha value is -1.98. The summed E-state index contributed by atoms with van der Waals surface area (Å²) in [7, 11) is 0. The molecular formula is C15H18F2N2O2. The van der Waals surface area contributed by atoms with E-state index in [4.69, 9.17) is 0 Å². The van der Waals surface area contributed by atoms with Gasteiger partial charge in [0.15, 0.2) is 11.6 Å². The molecule has 1 saturated heterocycles. The Morgan fingerprint density at radius 3 is 2.86 bits per heavy atom. The highest BCUT2D eigenvalue weighted by Gasteiger charge is 2.22. The molecule has 0 aromatic heterocycles. The summed E-state index contributed by atoms with van der Waals surface area (Å²) in [4.78, 5) is 23.5. The summed E-state index contributed by atoms with van der Waals surface area (Å²) in [6, 6.07) is 3.08. The zero-order valence-electron chi connectivity index (χ0n) is 11.6. The van der Waals surface area contributed by atoms with E-state index in [0.717, 1.165) is 25.0 Å². The Bertz CT molecular complexity index is 534. The number of rotatable bonds is 4. The molecule has 1 atom stereocenters. The van der Waals surface area contributed by atoms with Crippen LogP contribution in [0.2, 0.25) is 0 Å². The van der Waals surface area contributed by atoms with E-state index >= 15 is 0 Å². The zero-order chi connectivity index (χ0) is 15.2. The summed E-state index contributed by atoms with van der Waals surface area (Å²) in [6.45, 7) is 0.639. The maximum absolute atomic E-state index is 13.0. The Balaban J connectivity index is 1.83.